The fourth-order valence-electron chi connectivity index (χ4n) is 6.81. The first kappa shape index (κ1) is 32.7. The smallest absolute Gasteiger partial charge is 0.299 e. The van der Waals surface area contributed by atoms with E-state index in [1.807, 2.05) is 6.92 Å². The molecule has 1 aromatic heterocycles. The number of carbonyl (C=O) groups is 3. The van der Waals surface area contributed by atoms with Crippen molar-refractivity contribution in [1.29, 1.82) is 5.41 Å². The minimum absolute atomic E-state index is 0.0585. The van der Waals surface area contributed by atoms with E-state index in [0.717, 1.165) is 17.7 Å². The van der Waals surface area contributed by atoms with Gasteiger partial charge >= 0.3 is 0 Å². The van der Waals surface area contributed by atoms with Crippen molar-refractivity contribution in [1.82, 2.24) is 15.5 Å². The summed E-state index contributed by atoms with van der Waals surface area (Å²) in [6.45, 7) is 2.99. The topological polar surface area (TPSA) is 164 Å². The number of hydrogen-bond donors (Lipinski definition) is 5. The molecule has 10 nitrogen and oxygen atoms in total. The third kappa shape index (κ3) is 6.15. The lowest BCUT2D eigenvalue weighted by Crippen LogP contribution is -2.51. The Balaban J connectivity index is 1.15. The number of nitrogen functional groups attached to an aromatic ring is 1. The van der Waals surface area contributed by atoms with Crippen molar-refractivity contribution in [3.05, 3.63) is 81.0 Å². The Morgan fingerprint density at radius 1 is 1.09 bits per heavy atom. The molecule has 13 heteroatoms. The minimum atomic E-state index is -3.16. The van der Waals surface area contributed by atoms with Crippen LogP contribution in [0.2, 0.25) is 0 Å². The summed E-state index contributed by atoms with van der Waals surface area (Å²) < 4.78 is 35.9. The number of carbonyl (C=O) groups excluding carboxylic acids is 3. The summed E-state index contributed by atoms with van der Waals surface area (Å²) >= 11 is 1.38. The van der Waals surface area contributed by atoms with Gasteiger partial charge in [-0.05, 0) is 68.5 Å². The zero-order valence-corrected chi connectivity index (χ0v) is 26.8. The summed E-state index contributed by atoms with van der Waals surface area (Å²) in [6, 6.07) is 10.6. The van der Waals surface area contributed by atoms with E-state index in [4.69, 9.17) is 21.6 Å². The van der Waals surface area contributed by atoms with Gasteiger partial charge in [0, 0.05) is 50.6 Å². The van der Waals surface area contributed by atoms with Crippen LogP contribution in [0, 0.1) is 10.8 Å². The second-order valence-corrected chi connectivity index (χ2v) is 13.5. The molecule has 0 spiro atoms. The van der Waals surface area contributed by atoms with Crippen LogP contribution < -0.4 is 22.1 Å². The molecule has 4 atom stereocenters. The first-order valence-corrected chi connectivity index (χ1v) is 16.6. The first-order valence-electron chi connectivity index (χ1n) is 15.7. The third-order valence-electron chi connectivity index (χ3n) is 9.43. The molecule has 2 heterocycles. The molecule has 3 amide bonds. The summed E-state index contributed by atoms with van der Waals surface area (Å²) in [4.78, 5) is 42.9. The third-order valence-corrected chi connectivity index (χ3v) is 10.5. The lowest BCUT2D eigenvalue weighted by Gasteiger charge is -2.28. The maximum atomic E-state index is 15.0. The lowest BCUT2D eigenvalue weighted by atomic mass is 10.00. The van der Waals surface area contributed by atoms with Crippen LogP contribution in [0.25, 0.3) is 11.1 Å². The Hall–Kier alpha value is -4.20. The number of halogens is 2. The summed E-state index contributed by atoms with van der Waals surface area (Å²) in [5.41, 5.74) is 12.0. The highest BCUT2D eigenvalue weighted by Gasteiger charge is 2.67. The average Bonchev–Trinajstić information content (AvgIpc) is 3.34. The zero-order valence-electron chi connectivity index (χ0n) is 26.0. The van der Waals surface area contributed by atoms with E-state index in [-0.39, 0.29) is 58.0 Å². The number of amides is 3. The van der Waals surface area contributed by atoms with Gasteiger partial charge in [0.2, 0.25) is 11.8 Å². The van der Waals surface area contributed by atoms with Crippen molar-refractivity contribution in [2.75, 3.05) is 26.3 Å². The number of nitrogens with one attached hydrogen (secondary N) is 3. The minimum Gasteiger partial charge on any atom is -0.384 e. The molecule has 0 bridgehead atoms. The van der Waals surface area contributed by atoms with Crippen LogP contribution in [-0.2, 0) is 20.2 Å². The van der Waals surface area contributed by atoms with Crippen molar-refractivity contribution < 1.29 is 27.9 Å². The number of ether oxygens (including phenoxy) is 1. The number of unbranched alkanes of at least 4 members (excludes halogenated alkanes) is 1. The number of rotatable bonds is 13. The quantitative estimate of drug-likeness (QED) is 0.106. The molecule has 7 N–H and O–H groups in total. The van der Waals surface area contributed by atoms with Crippen molar-refractivity contribution in [3.63, 3.8) is 0 Å². The van der Waals surface area contributed by atoms with Gasteiger partial charge in [-0.1, -0.05) is 30.3 Å². The lowest BCUT2D eigenvalue weighted by molar-refractivity contribution is -0.139. The molecule has 2 fully saturated rings. The predicted octanol–water partition coefficient (Wildman–Crippen LogP) is 3.87. The largest absolute Gasteiger partial charge is 0.384 e. The molecular formula is C34H38F2N6O4S. The standard InChI is InChI=1S/C34H38F2N6O4S/c1-19(27-13-21(17-47-27)30(38)39)41-32(45)26-14-33(18-46-11-5-4-10-37)15-28(33)42(26)29(43)16-40-31(44)20-8-9-25-23(12-20)22-6-2-3-7-24(22)34(25,35)36/h2-3,6-9,12-13,17,19,26,28H,4-5,10-11,14-16,18,37H2,1H3,(H3,38,39)(H,40,44)(H,41,45)/t19-,26?,28?,33?/m1/s1. The number of nitrogens with two attached hydrogens (primary N) is 2. The summed E-state index contributed by atoms with van der Waals surface area (Å²) in [5, 5.41) is 15.1. The number of nitrogens with zero attached hydrogens (tertiary/aromatic N) is 1. The van der Waals surface area contributed by atoms with Crippen LogP contribution >= 0.6 is 11.3 Å². The Bertz CT molecular complexity index is 1730. The van der Waals surface area contributed by atoms with Gasteiger partial charge in [0.25, 0.3) is 11.8 Å². The van der Waals surface area contributed by atoms with Crippen LogP contribution in [0.5, 0.6) is 0 Å². The van der Waals surface area contributed by atoms with Gasteiger partial charge in [0.05, 0.1) is 19.2 Å². The maximum absolute atomic E-state index is 15.0. The molecule has 2 aromatic carbocycles. The average molecular weight is 665 g/mol. The van der Waals surface area contributed by atoms with Gasteiger partial charge in [0.15, 0.2) is 0 Å². The summed E-state index contributed by atoms with van der Waals surface area (Å²) in [6.07, 6.45) is 2.78. The number of piperidine rings is 1. The molecule has 1 saturated carbocycles. The van der Waals surface area contributed by atoms with Crippen molar-refractivity contribution in [3.8, 4) is 11.1 Å². The molecule has 248 valence electrons. The second kappa shape index (κ2) is 12.8. The highest BCUT2D eigenvalue weighted by atomic mass is 32.1. The van der Waals surface area contributed by atoms with E-state index in [0.29, 0.717) is 43.7 Å². The summed E-state index contributed by atoms with van der Waals surface area (Å²) in [5.74, 6) is -4.53. The Kier molecular flexibility index (Phi) is 8.90. The summed E-state index contributed by atoms with van der Waals surface area (Å²) in [7, 11) is 0. The Labute approximate surface area is 275 Å². The molecule has 0 radical (unpaired) electrons. The normalized spacial score (nSPS) is 22.2. The van der Waals surface area contributed by atoms with E-state index in [1.165, 1.54) is 35.6 Å². The number of likely N-dealkylation sites (tertiary alicyclic amines) is 1. The molecule has 6 rings (SSSR count). The monoisotopic (exact) mass is 664 g/mol. The Morgan fingerprint density at radius 2 is 1.85 bits per heavy atom. The van der Waals surface area contributed by atoms with Crippen molar-refractivity contribution in [2.45, 2.75) is 56.7 Å². The van der Waals surface area contributed by atoms with Gasteiger partial charge < -0.3 is 31.7 Å². The van der Waals surface area contributed by atoms with Gasteiger partial charge in [-0.3, -0.25) is 19.8 Å². The van der Waals surface area contributed by atoms with Gasteiger partial charge in [-0.15, -0.1) is 11.3 Å². The van der Waals surface area contributed by atoms with E-state index in [1.54, 1.807) is 34.5 Å². The zero-order chi connectivity index (χ0) is 33.5. The van der Waals surface area contributed by atoms with Crippen LogP contribution in [-0.4, -0.2) is 66.8 Å². The van der Waals surface area contributed by atoms with Crippen LogP contribution in [0.15, 0.2) is 53.9 Å². The van der Waals surface area contributed by atoms with Crippen molar-refractivity contribution >= 4 is 34.9 Å². The molecule has 1 aliphatic heterocycles. The van der Waals surface area contributed by atoms with Crippen molar-refractivity contribution in [2.24, 2.45) is 16.9 Å². The SMILES string of the molecule is C[C@@H](NC(=O)C1CC2(COCCCCN)CC2N1C(=O)CNC(=O)c1ccc2c(c1)-c1ccccc1C2(F)F)c1cc(C(=N)N)cs1. The van der Waals surface area contributed by atoms with E-state index in [9.17, 15) is 23.2 Å². The highest BCUT2D eigenvalue weighted by molar-refractivity contribution is 7.10. The van der Waals surface area contributed by atoms with Crippen LogP contribution in [0.4, 0.5) is 8.78 Å². The van der Waals surface area contributed by atoms with Crippen LogP contribution in [0.3, 0.4) is 0 Å². The van der Waals surface area contributed by atoms with Gasteiger partial charge in [0.1, 0.15) is 11.9 Å². The number of amidine groups is 1. The van der Waals surface area contributed by atoms with Gasteiger partial charge in [-0.25, -0.2) is 0 Å². The molecular weight excluding hydrogens is 626 g/mol. The molecule has 3 unspecified atom stereocenters. The fourth-order valence-corrected chi connectivity index (χ4v) is 7.73. The maximum Gasteiger partial charge on any atom is 0.299 e. The Morgan fingerprint density at radius 3 is 2.60 bits per heavy atom. The molecule has 1 saturated heterocycles. The molecule has 3 aliphatic rings. The highest BCUT2D eigenvalue weighted by Crippen LogP contribution is 2.59. The number of benzene rings is 2. The second-order valence-electron chi connectivity index (χ2n) is 12.6. The fraction of sp³-hybridized carbons (Fsp3) is 0.412. The van der Waals surface area contributed by atoms with Gasteiger partial charge in [-0.2, -0.15) is 8.78 Å². The number of alkyl halides is 2. The predicted molar refractivity (Wildman–Crippen MR) is 174 cm³/mol. The number of thiophene rings is 1. The number of fused-ring (bicyclic) bond motifs is 4. The van der Waals surface area contributed by atoms with E-state index >= 15 is 0 Å². The van der Waals surface area contributed by atoms with E-state index in [2.05, 4.69) is 10.6 Å². The molecule has 3 aromatic rings. The molecule has 47 heavy (non-hydrogen) atoms. The molecule has 2 aliphatic carbocycles. The number of hydrogen-bond acceptors (Lipinski definition) is 7. The first-order chi connectivity index (χ1) is 22.5. The van der Waals surface area contributed by atoms with E-state index < -0.39 is 23.8 Å². The van der Waals surface area contributed by atoms with Crippen LogP contribution in [0.1, 0.15) is 70.6 Å².